The van der Waals surface area contributed by atoms with E-state index in [4.69, 9.17) is 40.5 Å². The molecule has 1 aromatic carbocycles. The summed E-state index contributed by atoms with van der Waals surface area (Å²) in [5.41, 5.74) is 24.6. The Morgan fingerprint density at radius 1 is 1.17 bits per heavy atom. The van der Waals surface area contributed by atoms with E-state index in [-0.39, 0.29) is 17.3 Å². The summed E-state index contributed by atoms with van der Waals surface area (Å²) in [7, 11) is 0. The second kappa shape index (κ2) is 9.62. The number of nitrogens with one attached hydrogen (secondary N) is 1. The number of hydrogen-bond acceptors (Lipinski definition) is 11. The van der Waals surface area contributed by atoms with Gasteiger partial charge in [0.05, 0.1) is 11.2 Å². The van der Waals surface area contributed by atoms with E-state index in [1.54, 1.807) is 18.5 Å². The van der Waals surface area contributed by atoms with Gasteiger partial charge in [0.15, 0.2) is 11.7 Å². The molecule has 2 aliphatic rings. The lowest BCUT2D eigenvalue weighted by molar-refractivity contribution is 0.187. The van der Waals surface area contributed by atoms with Crippen LogP contribution in [0.4, 0.5) is 17.5 Å². The minimum absolute atomic E-state index is 0.0135. The number of nitrogens with zero attached hydrogens (tertiary/aromatic N) is 5. The molecule has 0 radical (unpaired) electrons. The van der Waals surface area contributed by atoms with Gasteiger partial charge in [-0.1, -0.05) is 35.5 Å². The summed E-state index contributed by atoms with van der Waals surface area (Å²) < 4.78 is 0. The molecule has 0 saturated carbocycles. The molecule has 3 heterocycles. The zero-order chi connectivity index (χ0) is 25.4. The molecule has 1 atom stereocenters. The van der Waals surface area contributed by atoms with Crippen molar-refractivity contribution in [2.45, 2.75) is 35.2 Å². The molecule has 1 aliphatic heterocycles. The molecule has 1 unspecified atom stereocenters. The molecule has 188 valence electrons. The number of halogens is 1. The smallest absolute Gasteiger partial charge is 0.166 e. The van der Waals surface area contributed by atoms with Crippen LogP contribution >= 0.6 is 23.4 Å². The van der Waals surface area contributed by atoms with E-state index in [0.29, 0.717) is 21.7 Å². The first-order chi connectivity index (χ1) is 17.3. The molecule has 11 N–H and O–H groups in total. The fourth-order valence-electron chi connectivity index (χ4n) is 5.11. The number of anilines is 3. The SMILES string of the molecule is N/N=C(\NN)c1ccc2c(c1)C(N)C1(CCN(c3cnc(Sc4ccnc(N)c4Cl)c(N)n3)CC1)C2. The van der Waals surface area contributed by atoms with E-state index in [9.17, 15) is 0 Å². The summed E-state index contributed by atoms with van der Waals surface area (Å²) >= 11 is 7.57. The molecular weight excluding hydrogens is 498 g/mol. The van der Waals surface area contributed by atoms with Crippen LogP contribution in [0.3, 0.4) is 0 Å². The molecule has 13 heteroatoms. The third-order valence-corrected chi connectivity index (χ3v) is 8.72. The van der Waals surface area contributed by atoms with Crippen molar-refractivity contribution in [3.8, 4) is 0 Å². The number of fused-ring (bicyclic) bond motifs is 1. The molecule has 5 rings (SSSR count). The number of hydrazone groups is 1. The summed E-state index contributed by atoms with van der Waals surface area (Å²) in [6.07, 6.45) is 6.13. The maximum absolute atomic E-state index is 6.82. The molecule has 1 aliphatic carbocycles. The number of benzene rings is 1. The van der Waals surface area contributed by atoms with E-state index >= 15 is 0 Å². The van der Waals surface area contributed by atoms with Crippen LogP contribution < -0.4 is 39.2 Å². The summed E-state index contributed by atoms with van der Waals surface area (Å²) in [5.74, 6) is 12.8. The molecule has 0 amide bonds. The van der Waals surface area contributed by atoms with Gasteiger partial charge < -0.3 is 33.4 Å². The first-order valence-electron chi connectivity index (χ1n) is 11.4. The molecule has 1 spiro atoms. The third-order valence-electron chi connectivity index (χ3n) is 7.14. The van der Waals surface area contributed by atoms with Crippen LogP contribution in [0, 0.1) is 5.41 Å². The van der Waals surface area contributed by atoms with Gasteiger partial charge in [-0.3, -0.25) is 0 Å². The Balaban J connectivity index is 1.29. The zero-order valence-corrected chi connectivity index (χ0v) is 21.1. The number of piperidine rings is 1. The summed E-state index contributed by atoms with van der Waals surface area (Å²) in [6, 6.07) is 7.79. The molecule has 2 aromatic heterocycles. The standard InChI is InChI=1S/C23H28ClN11S/c24-17-15(3-6-30-19(17)26)36-22-20(27)32-16(11-31-22)35-7-4-23(5-8-35)10-13-2-1-12(21(33-28)34-29)9-14(13)18(23)25/h1-3,6,9,11,18H,4-5,7-8,10,25,28-29H2,(H2,26,30)(H2,27,32)(H,33,34). The van der Waals surface area contributed by atoms with Crippen molar-refractivity contribution in [1.82, 2.24) is 20.4 Å². The topological polar surface area (TPSA) is 196 Å². The van der Waals surface area contributed by atoms with Gasteiger partial charge in [-0.25, -0.2) is 20.8 Å². The van der Waals surface area contributed by atoms with Gasteiger partial charge in [-0.15, -0.1) is 0 Å². The number of nitrogen functional groups attached to an aromatic ring is 2. The average Bonchev–Trinajstić information content (AvgIpc) is 3.15. The monoisotopic (exact) mass is 525 g/mol. The molecule has 11 nitrogen and oxygen atoms in total. The van der Waals surface area contributed by atoms with Crippen LogP contribution in [0.2, 0.25) is 5.02 Å². The highest BCUT2D eigenvalue weighted by Crippen LogP contribution is 2.51. The van der Waals surface area contributed by atoms with E-state index in [1.165, 1.54) is 17.3 Å². The third kappa shape index (κ3) is 4.26. The second-order valence-electron chi connectivity index (χ2n) is 9.07. The maximum atomic E-state index is 6.82. The van der Waals surface area contributed by atoms with E-state index < -0.39 is 0 Å². The molecule has 36 heavy (non-hydrogen) atoms. The van der Waals surface area contributed by atoms with E-state index in [2.05, 4.69) is 36.4 Å². The van der Waals surface area contributed by atoms with Crippen molar-refractivity contribution in [3.63, 3.8) is 0 Å². The number of nitrogens with two attached hydrogens (primary N) is 5. The van der Waals surface area contributed by atoms with Crippen LogP contribution in [0.1, 0.15) is 35.6 Å². The van der Waals surface area contributed by atoms with E-state index in [1.807, 2.05) is 12.1 Å². The summed E-state index contributed by atoms with van der Waals surface area (Å²) in [6.45, 7) is 1.61. The average molecular weight is 526 g/mol. The molecular formula is C23H28ClN11S. The molecule has 0 bridgehead atoms. The highest BCUT2D eigenvalue weighted by atomic mass is 35.5. The summed E-state index contributed by atoms with van der Waals surface area (Å²) in [5, 5.41) is 4.65. The van der Waals surface area contributed by atoms with E-state index in [0.717, 1.165) is 54.2 Å². The van der Waals surface area contributed by atoms with Crippen LogP contribution in [0.5, 0.6) is 0 Å². The Kier molecular flexibility index (Phi) is 6.51. The van der Waals surface area contributed by atoms with Crippen molar-refractivity contribution in [1.29, 1.82) is 0 Å². The van der Waals surface area contributed by atoms with Gasteiger partial charge in [-0.2, -0.15) is 5.10 Å². The lowest BCUT2D eigenvalue weighted by atomic mass is 9.73. The van der Waals surface area contributed by atoms with Crippen molar-refractivity contribution in [2.24, 2.45) is 27.9 Å². The zero-order valence-electron chi connectivity index (χ0n) is 19.5. The number of amidine groups is 1. The quantitative estimate of drug-likeness (QED) is 0.125. The van der Waals surface area contributed by atoms with Gasteiger partial charge in [0, 0.05) is 35.8 Å². The van der Waals surface area contributed by atoms with Gasteiger partial charge >= 0.3 is 0 Å². The lowest BCUT2D eigenvalue weighted by Crippen LogP contribution is -2.44. The van der Waals surface area contributed by atoms with Gasteiger partial charge in [-0.05, 0) is 47.9 Å². The van der Waals surface area contributed by atoms with Crippen molar-refractivity contribution in [2.75, 3.05) is 29.5 Å². The minimum Gasteiger partial charge on any atom is -0.382 e. The molecule has 1 saturated heterocycles. The van der Waals surface area contributed by atoms with Gasteiger partial charge in [0.2, 0.25) is 0 Å². The fraction of sp³-hybridized carbons (Fsp3) is 0.304. The van der Waals surface area contributed by atoms with Crippen molar-refractivity contribution >= 4 is 46.7 Å². The largest absolute Gasteiger partial charge is 0.382 e. The fourth-order valence-corrected chi connectivity index (χ4v) is 6.13. The Bertz CT molecular complexity index is 1320. The van der Waals surface area contributed by atoms with Crippen molar-refractivity contribution in [3.05, 3.63) is 58.4 Å². The number of pyridine rings is 1. The van der Waals surface area contributed by atoms with Crippen LogP contribution in [0.25, 0.3) is 0 Å². The van der Waals surface area contributed by atoms with Crippen LogP contribution in [0.15, 0.2) is 51.7 Å². The molecule has 3 aromatic rings. The first kappa shape index (κ1) is 24.4. The maximum Gasteiger partial charge on any atom is 0.166 e. The number of hydrazine groups is 1. The Labute approximate surface area is 217 Å². The lowest BCUT2D eigenvalue weighted by Gasteiger charge is -2.42. The number of hydrogen-bond donors (Lipinski definition) is 6. The number of rotatable bonds is 4. The second-order valence-corrected chi connectivity index (χ2v) is 10.5. The predicted octanol–water partition coefficient (Wildman–Crippen LogP) is 1.77. The number of aromatic nitrogens is 3. The van der Waals surface area contributed by atoms with Crippen LogP contribution in [-0.2, 0) is 6.42 Å². The molecule has 1 fully saturated rings. The first-order valence-corrected chi connectivity index (χ1v) is 12.6. The predicted molar refractivity (Wildman–Crippen MR) is 143 cm³/mol. The van der Waals surface area contributed by atoms with Gasteiger partial charge in [0.25, 0.3) is 0 Å². The van der Waals surface area contributed by atoms with Crippen LogP contribution in [-0.4, -0.2) is 33.9 Å². The van der Waals surface area contributed by atoms with Crippen molar-refractivity contribution < 1.29 is 0 Å². The van der Waals surface area contributed by atoms with Gasteiger partial charge in [0.1, 0.15) is 16.7 Å². The Morgan fingerprint density at radius 3 is 2.64 bits per heavy atom. The Morgan fingerprint density at radius 2 is 1.94 bits per heavy atom. The highest BCUT2D eigenvalue weighted by Gasteiger charge is 2.46. The minimum atomic E-state index is -0.0844. The summed E-state index contributed by atoms with van der Waals surface area (Å²) in [4.78, 5) is 16.1. The normalized spacial score (nSPS) is 18.9. The Hall–Kier alpha value is -3.32. The highest BCUT2D eigenvalue weighted by molar-refractivity contribution is 7.99.